The Labute approximate surface area is 308 Å². The lowest BCUT2D eigenvalue weighted by Gasteiger charge is -2.28. The van der Waals surface area contributed by atoms with E-state index in [0.717, 1.165) is 20.9 Å². The zero-order chi connectivity index (χ0) is 36.3. The Kier molecular flexibility index (Phi) is 16.8. The van der Waals surface area contributed by atoms with Gasteiger partial charge in [0.2, 0.25) is 5.91 Å². The molecule has 0 aliphatic heterocycles. The molecule has 0 spiro atoms. The Morgan fingerprint density at radius 3 is 2.12 bits per heavy atom. The summed E-state index contributed by atoms with van der Waals surface area (Å²) in [5.74, 6) is -0.281. The molecule has 0 aliphatic carbocycles. The van der Waals surface area contributed by atoms with Gasteiger partial charge in [-0.15, -0.1) is 22.7 Å². The van der Waals surface area contributed by atoms with Crippen molar-refractivity contribution in [2.24, 2.45) is 0 Å². The van der Waals surface area contributed by atoms with Gasteiger partial charge >= 0.3 is 12.1 Å². The van der Waals surface area contributed by atoms with Crippen LogP contribution < -0.4 is 10.6 Å². The van der Waals surface area contributed by atoms with Gasteiger partial charge in [0.25, 0.3) is 0 Å². The van der Waals surface area contributed by atoms with E-state index in [4.69, 9.17) is 9.47 Å². The Morgan fingerprint density at radius 1 is 0.804 bits per heavy atom. The first kappa shape index (κ1) is 39.4. The van der Waals surface area contributed by atoms with Gasteiger partial charge in [-0.25, -0.2) is 9.59 Å². The molecule has 51 heavy (non-hydrogen) atoms. The number of benzene rings is 2. The number of nitrogens with one attached hydrogen (secondary N) is 2. The fourth-order valence-electron chi connectivity index (χ4n) is 5.29. The maximum atomic E-state index is 14.1. The highest BCUT2D eigenvalue weighted by atomic mass is 32.1. The number of likely N-dealkylation sites (N-methyl/N-ethyl adjacent to an activating group) is 1. The molecule has 0 radical (unpaired) electrons. The number of carbonyl (C=O) groups excluding carboxylic acids is 3. The van der Waals surface area contributed by atoms with Crippen LogP contribution in [0, 0.1) is 0 Å². The van der Waals surface area contributed by atoms with E-state index in [-0.39, 0.29) is 24.6 Å². The largest absolute Gasteiger partial charge is 0.444 e. The number of hydrogen-bond acceptors (Lipinski definition) is 10. The number of amides is 4. The molecule has 0 unspecified atom stereocenters. The van der Waals surface area contributed by atoms with Crippen molar-refractivity contribution < 1.29 is 23.9 Å². The molecule has 4 rings (SSSR count). The highest BCUT2D eigenvalue weighted by molar-refractivity contribution is 7.09. The van der Waals surface area contributed by atoms with Gasteiger partial charge in [0.05, 0.1) is 29.0 Å². The summed E-state index contributed by atoms with van der Waals surface area (Å²) in [6, 6.07) is 18.2. The number of thiazole rings is 2. The SMILES string of the molecule is CCOCCN(C)CC[C@H](NC(=O)N(C)Cc1cncs1)C(=O)N[C@H](CCN(Cc1ccccc1)C(=O)OCc1cncs1)Cc1ccccc1. The zero-order valence-electron chi connectivity index (χ0n) is 29.6. The van der Waals surface area contributed by atoms with Crippen LogP contribution in [0.1, 0.15) is 40.6 Å². The third-order valence-electron chi connectivity index (χ3n) is 8.17. The van der Waals surface area contributed by atoms with Gasteiger partial charge in [-0.3, -0.25) is 14.8 Å². The topological polar surface area (TPSA) is 129 Å². The Bertz CT molecular complexity index is 1560. The van der Waals surface area contributed by atoms with Crippen molar-refractivity contribution in [3.8, 4) is 0 Å². The molecule has 2 N–H and O–H groups in total. The van der Waals surface area contributed by atoms with Crippen LogP contribution in [-0.4, -0.2) is 102 Å². The number of hydrogen-bond donors (Lipinski definition) is 2. The van der Waals surface area contributed by atoms with E-state index >= 15 is 0 Å². The summed E-state index contributed by atoms with van der Waals surface area (Å²) in [6.07, 6.45) is 4.38. The minimum absolute atomic E-state index is 0.136. The third-order valence-corrected chi connectivity index (χ3v) is 9.69. The highest BCUT2D eigenvalue weighted by Gasteiger charge is 2.27. The van der Waals surface area contributed by atoms with Crippen LogP contribution >= 0.6 is 22.7 Å². The Hall–Kier alpha value is -4.37. The molecule has 2 atom stereocenters. The minimum Gasteiger partial charge on any atom is -0.444 e. The van der Waals surface area contributed by atoms with Gasteiger partial charge in [-0.2, -0.15) is 0 Å². The summed E-state index contributed by atoms with van der Waals surface area (Å²) in [6.45, 7) is 5.66. The van der Waals surface area contributed by atoms with Crippen molar-refractivity contribution in [2.45, 2.75) is 58.0 Å². The molecule has 0 saturated heterocycles. The van der Waals surface area contributed by atoms with Crippen molar-refractivity contribution in [1.29, 1.82) is 0 Å². The first-order chi connectivity index (χ1) is 24.8. The number of ether oxygens (including phenoxy) is 2. The lowest BCUT2D eigenvalue weighted by molar-refractivity contribution is -0.124. The van der Waals surface area contributed by atoms with E-state index < -0.39 is 12.1 Å². The van der Waals surface area contributed by atoms with Crippen LogP contribution in [0.3, 0.4) is 0 Å². The number of carbonyl (C=O) groups is 3. The second-order valence-corrected chi connectivity index (χ2v) is 14.2. The molecule has 4 amide bonds. The van der Waals surface area contributed by atoms with E-state index in [1.54, 1.807) is 40.3 Å². The summed E-state index contributed by atoms with van der Waals surface area (Å²) >= 11 is 2.90. The average Bonchev–Trinajstić information content (AvgIpc) is 3.86. The van der Waals surface area contributed by atoms with E-state index in [9.17, 15) is 14.4 Å². The Morgan fingerprint density at radius 2 is 1.47 bits per heavy atom. The van der Waals surface area contributed by atoms with Crippen LogP contribution in [0.25, 0.3) is 0 Å². The standard InChI is InChI=1S/C37H49N7O5S2/c1-4-48-20-19-42(2)17-16-34(41-36(46)43(3)25-32-22-38-27-50-32)35(45)40-31(21-29-11-7-5-8-12-29)15-18-44(24-30-13-9-6-10-14-30)37(47)49-26-33-23-39-28-51-33/h5-14,22-23,27-28,31,34H,4,15-21,24-26H2,1-3H3,(H,40,45)(H,41,46)/t31-,34+/m1/s1. The number of aromatic nitrogens is 2. The second-order valence-electron chi connectivity index (χ2n) is 12.2. The maximum absolute atomic E-state index is 14.1. The fourth-order valence-corrected chi connectivity index (χ4v) is 6.45. The molecule has 14 heteroatoms. The molecular formula is C37H49N7O5S2. The smallest absolute Gasteiger partial charge is 0.410 e. The summed E-state index contributed by atoms with van der Waals surface area (Å²) < 4.78 is 11.2. The predicted molar refractivity (Wildman–Crippen MR) is 200 cm³/mol. The maximum Gasteiger partial charge on any atom is 0.410 e. The van der Waals surface area contributed by atoms with E-state index in [2.05, 4.69) is 25.5 Å². The van der Waals surface area contributed by atoms with Gasteiger partial charge in [0.1, 0.15) is 12.6 Å². The van der Waals surface area contributed by atoms with Crippen molar-refractivity contribution in [3.63, 3.8) is 0 Å². The van der Waals surface area contributed by atoms with Crippen LogP contribution in [0.5, 0.6) is 0 Å². The van der Waals surface area contributed by atoms with Crippen molar-refractivity contribution in [1.82, 2.24) is 35.3 Å². The molecular weight excluding hydrogens is 687 g/mol. The van der Waals surface area contributed by atoms with Crippen molar-refractivity contribution >= 4 is 40.7 Å². The van der Waals surface area contributed by atoms with Crippen LogP contribution in [0.2, 0.25) is 0 Å². The molecule has 2 heterocycles. The molecule has 2 aromatic carbocycles. The normalized spacial score (nSPS) is 12.2. The van der Waals surface area contributed by atoms with E-state index in [1.807, 2.05) is 74.6 Å². The van der Waals surface area contributed by atoms with Crippen LogP contribution in [0.15, 0.2) is 84.1 Å². The van der Waals surface area contributed by atoms with Gasteiger partial charge < -0.3 is 34.8 Å². The second kappa shape index (κ2) is 21.8. The lowest BCUT2D eigenvalue weighted by Crippen LogP contribution is -2.53. The van der Waals surface area contributed by atoms with Crippen LogP contribution in [0.4, 0.5) is 9.59 Å². The molecule has 2 aromatic heterocycles. The first-order valence-corrected chi connectivity index (χ1v) is 18.9. The summed E-state index contributed by atoms with van der Waals surface area (Å²) in [5.41, 5.74) is 5.44. The highest BCUT2D eigenvalue weighted by Crippen LogP contribution is 2.15. The molecule has 0 bridgehead atoms. The summed E-state index contributed by atoms with van der Waals surface area (Å²) in [7, 11) is 3.67. The third kappa shape index (κ3) is 14.4. The van der Waals surface area contributed by atoms with E-state index in [1.165, 1.54) is 22.7 Å². The van der Waals surface area contributed by atoms with Crippen molar-refractivity contribution in [3.05, 3.63) is 105 Å². The van der Waals surface area contributed by atoms with Gasteiger partial charge in [0, 0.05) is 63.1 Å². The van der Waals surface area contributed by atoms with Gasteiger partial charge in [0.15, 0.2) is 0 Å². The molecule has 0 saturated carbocycles. The summed E-state index contributed by atoms with van der Waals surface area (Å²) in [4.78, 5) is 56.1. The average molecular weight is 736 g/mol. The molecule has 0 aliphatic rings. The van der Waals surface area contributed by atoms with Crippen LogP contribution in [-0.2, 0) is 40.4 Å². The molecule has 4 aromatic rings. The Balaban J connectivity index is 1.48. The first-order valence-electron chi connectivity index (χ1n) is 17.1. The van der Waals surface area contributed by atoms with E-state index in [0.29, 0.717) is 65.2 Å². The predicted octanol–water partition coefficient (Wildman–Crippen LogP) is 5.42. The van der Waals surface area contributed by atoms with Gasteiger partial charge in [-0.1, -0.05) is 60.7 Å². The quantitative estimate of drug-likeness (QED) is 0.109. The lowest BCUT2D eigenvalue weighted by atomic mass is 10.0. The minimum atomic E-state index is -0.793. The van der Waals surface area contributed by atoms with Crippen molar-refractivity contribution in [2.75, 3.05) is 46.9 Å². The molecule has 0 fully saturated rings. The molecule has 12 nitrogen and oxygen atoms in total. The van der Waals surface area contributed by atoms with Gasteiger partial charge in [-0.05, 0) is 44.4 Å². The fraction of sp³-hybridized carbons (Fsp3) is 0.432. The molecule has 274 valence electrons. The number of rotatable bonds is 21. The number of nitrogens with zero attached hydrogens (tertiary/aromatic N) is 5. The number of urea groups is 1. The zero-order valence-corrected chi connectivity index (χ0v) is 31.2. The monoisotopic (exact) mass is 735 g/mol. The summed E-state index contributed by atoms with van der Waals surface area (Å²) in [5, 5.41) is 6.21.